The maximum absolute atomic E-state index is 3.64. The Balaban J connectivity index is 2.57. The van der Waals surface area contributed by atoms with E-state index in [-0.39, 0.29) is 0 Å². The van der Waals surface area contributed by atoms with Crippen LogP contribution in [0, 0.1) is 19.3 Å². The van der Waals surface area contributed by atoms with Gasteiger partial charge in [-0.3, -0.25) is 0 Å². The average Bonchev–Trinajstić information content (AvgIpc) is 2.30. The van der Waals surface area contributed by atoms with Gasteiger partial charge in [-0.15, -0.1) is 0 Å². The normalized spacial score (nSPS) is 13.6. The summed E-state index contributed by atoms with van der Waals surface area (Å²) in [6.45, 7) is 14.7. The minimum absolute atomic E-state index is 0.344. The quantitative estimate of drug-likeness (QED) is 0.786. The van der Waals surface area contributed by atoms with Crippen LogP contribution in [-0.4, -0.2) is 12.6 Å². The van der Waals surface area contributed by atoms with Crippen LogP contribution in [0.2, 0.25) is 0 Å². The lowest BCUT2D eigenvalue weighted by molar-refractivity contribution is 0.254. The van der Waals surface area contributed by atoms with Crippen LogP contribution in [-0.2, 0) is 6.42 Å². The van der Waals surface area contributed by atoms with Gasteiger partial charge in [-0.05, 0) is 61.8 Å². The van der Waals surface area contributed by atoms with Crippen molar-refractivity contribution in [2.75, 3.05) is 6.54 Å². The van der Waals surface area contributed by atoms with E-state index in [1.54, 1.807) is 5.56 Å². The number of rotatable bonds is 6. The van der Waals surface area contributed by atoms with E-state index in [4.69, 9.17) is 0 Å². The third-order valence-corrected chi connectivity index (χ3v) is 4.06. The van der Waals surface area contributed by atoms with Gasteiger partial charge in [-0.2, -0.15) is 0 Å². The molecule has 0 aliphatic heterocycles. The minimum Gasteiger partial charge on any atom is -0.314 e. The lowest BCUT2D eigenvalue weighted by atomic mass is 9.83. The maximum Gasteiger partial charge on any atom is 0.0116 e. The molecule has 1 atom stereocenters. The molecule has 0 bridgehead atoms. The van der Waals surface area contributed by atoms with Crippen LogP contribution < -0.4 is 5.32 Å². The molecule has 0 saturated heterocycles. The van der Waals surface area contributed by atoms with Gasteiger partial charge < -0.3 is 5.32 Å². The molecule has 19 heavy (non-hydrogen) atoms. The molecule has 1 N–H and O–H groups in total. The SMILES string of the molecule is CCNC(CCCc1c(C)cccc1C)C(C)(C)C. The fourth-order valence-electron chi connectivity index (χ4n) is 2.81. The number of aryl methyl sites for hydroxylation is 2. The Hall–Kier alpha value is -0.820. The Morgan fingerprint density at radius 3 is 2.16 bits per heavy atom. The molecule has 0 amide bonds. The topological polar surface area (TPSA) is 12.0 Å². The molecule has 0 aromatic heterocycles. The van der Waals surface area contributed by atoms with Crippen molar-refractivity contribution in [3.8, 4) is 0 Å². The number of hydrogen-bond donors (Lipinski definition) is 1. The number of benzene rings is 1. The van der Waals surface area contributed by atoms with Crippen LogP contribution in [0.3, 0.4) is 0 Å². The van der Waals surface area contributed by atoms with Gasteiger partial charge in [0.1, 0.15) is 0 Å². The largest absolute Gasteiger partial charge is 0.314 e. The molecular formula is C18H31N. The molecule has 1 nitrogen and oxygen atoms in total. The molecule has 1 rings (SSSR count). The molecule has 0 saturated carbocycles. The lowest BCUT2D eigenvalue weighted by Gasteiger charge is -2.31. The molecule has 1 heteroatoms. The highest BCUT2D eigenvalue weighted by Gasteiger charge is 2.22. The molecule has 0 aliphatic rings. The van der Waals surface area contributed by atoms with Crippen LogP contribution in [0.15, 0.2) is 18.2 Å². The highest BCUT2D eigenvalue weighted by Crippen LogP contribution is 2.24. The standard InChI is InChI=1S/C18H31N/c1-7-19-17(18(4,5)6)13-9-12-16-14(2)10-8-11-15(16)3/h8,10-11,17,19H,7,9,12-13H2,1-6H3. The molecule has 0 heterocycles. The van der Waals surface area contributed by atoms with Crippen molar-refractivity contribution in [1.82, 2.24) is 5.32 Å². The van der Waals surface area contributed by atoms with Gasteiger partial charge in [0.25, 0.3) is 0 Å². The summed E-state index contributed by atoms with van der Waals surface area (Å²) in [5.74, 6) is 0. The van der Waals surface area contributed by atoms with Gasteiger partial charge in [0, 0.05) is 6.04 Å². The smallest absolute Gasteiger partial charge is 0.0116 e. The van der Waals surface area contributed by atoms with Crippen molar-refractivity contribution in [1.29, 1.82) is 0 Å². The molecule has 108 valence electrons. The zero-order chi connectivity index (χ0) is 14.5. The van der Waals surface area contributed by atoms with Gasteiger partial charge in [0.2, 0.25) is 0 Å². The van der Waals surface area contributed by atoms with Crippen LogP contribution >= 0.6 is 0 Å². The van der Waals surface area contributed by atoms with Gasteiger partial charge in [0.05, 0.1) is 0 Å². The van der Waals surface area contributed by atoms with Crippen molar-refractivity contribution in [2.24, 2.45) is 5.41 Å². The second-order valence-electron chi connectivity index (χ2n) is 6.74. The molecule has 0 spiro atoms. The van der Waals surface area contributed by atoms with E-state index in [2.05, 4.69) is 65.1 Å². The first-order chi connectivity index (χ1) is 8.86. The van der Waals surface area contributed by atoms with Gasteiger partial charge in [-0.1, -0.05) is 45.9 Å². The van der Waals surface area contributed by atoms with Crippen LogP contribution in [0.25, 0.3) is 0 Å². The fraction of sp³-hybridized carbons (Fsp3) is 0.667. The Labute approximate surface area is 119 Å². The first-order valence-electron chi connectivity index (χ1n) is 7.64. The lowest BCUT2D eigenvalue weighted by Crippen LogP contribution is -2.40. The number of nitrogens with one attached hydrogen (secondary N) is 1. The highest BCUT2D eigenvalue weighted by atomic mass is 14.9. The third-order valence-electron chi connectivity index (χ3n) is 4.06. The Bertz CT molecular complexity index is 367. The van der Waals surface area contributed by atoms with E-state index >= 15 is 0 Å². The van der Waals surface area contributed by atoms with Crippen LogP contribution in [0.4, 0.5) is 0 Å². The first-order valence-corrected chi connectivity index (χ1v) is 7.64. The van der Waals surface area contributed by atoms with E-state index in [1.165, 1.54) is 30.4 Å². The Kier molecular flexibility index (Phi) is 6.06. The summed E-state index contributed by atoms with van der Waals surface area (Å²) in [4.78, 5) is 0. The summed E-state index contributed by atoms with van der Waals surface area (Å²) in [7, 11) is 0. The summed E-state index contributed by atoms with van der Waals surface area (Å²) in [6, 6.07) is 7.23. The molecule has 0 fully saturated rings. The Morgan fingerprint density at radius 2 is 1.68 bits per heavy atom. The molecule has 0 aliphatic carbocycles. The van der Waals surface area contributed by atoms with Crippen molar-refractivity contribution < 1.29 is 0 Å². The first kappa shape index (κ1) is 16.2. The van der Waals surface area contributed by atoms with E-state index < -0.39 is 0 Å². The van der Waals surface area contributed by atoms with Crippen LogP contribution in [0.1, 0.15) is 57.2 Å². The molecular weight excluding hydrogens is 230 g/mol. The van der Waals surface area contributed by atoms with Gasteiger partial charge in [0.15, 0.2) is 0 Å². The van der Waals surface area contributed by atoms with Crippen molar-refractivity contribution in [2.45, 2.75) is 66.8 Å². The summed E-state index contributed by atoms with van der Waals surface area (Å²) < 4.78 is 0. The summed E-state index contributed by atoms with van der Waals surface area (Å²) in [5, 5.41) is 3.64. The van der Waals surface area contributed by atoms with E-state index in [1.807, 2.05) is 0 Å². The second kappa shape index (κ2) is 7.09. The number of hydrogen-bond acceptors (Lipinski definition) is 1. The second-order valence-corrected chi connectivity index (χ2v) is 6.74. The average molecular weight is 261 g/mol. The van der Waals surface area contributed by atoms with Gasteiger partial charge >= 0.3 is 0 Å². The zero-order valence-electron chi connectivity index (χ0n) is 13.6. The highest BCUT2D eigenvalue weighted by molar-refractivity contribution is 5.33. The van der Waals surface area contributed by atoms with E-state index in [0.29, 0.717) is 11.5 Å². The monoisotopic (exact) mass is 261 g/mol. The molecule has 0 radical (unpaired) electrons. The summed E-state index contributed by atoms with van der Waals surface area (Å²) in [6.07, 6.45) is 3.72. The molecule has 1 unspecified atom stereocenters. The Morgan fingerprint density at radius 1 is 1.11 bits per heavy atom. The van der Waals surface area contributed by atoms with Crippen molar-refractivity contribution in [3.63, 3.8) is 0 Å². The summed E-state index contributed by atoms with van der Waals surface area (Å²) in [5.41, 5.74) is 4.77. The van der Waals surface area contributed by atoms with E-state index in [0.717, 1.165) is 6.54 Å². The third kappa shape index (κ3) is 4.99. The van der Waals surface area contributed by atoms with Crippen molar-refractivity contribution in [3.05, 3.63) is 34.9 Å². The zero-order valence-corrected chi connectivity index (χ0v) is 13.6. The summed E-state index contributed by atoms with van der Waals surface area (Å²) >= 11 is 0. The predicted molar refractivity (Wildman–Crippen MR) is 85.8 cm³/mol. The van der Waals surface area contributed by atoms with Crippen molar-refractivity contribution >= 4 is 0 Å². The van der Waals surface area contributed by atoms with Gasteiger partial charge in [-0.25, -0.2) is 0 Å². The maximum atomic E-state index is 3.64. The molecule has 1 aromatic carbocycles. The minimum atomic E-state index is 0.344. The van der Waals surface area contributed by atoms with E-state index in [9.17, 15) is 0 Å². The fourth-order valence-corrected chi connectivity index (χ4v) is 2.81. The predicted octanol–water partition coefficient (Wildman–Crippen LogP) is 4.65. The van der Waals surface area contributed by atoms with Crippen LogP contribution in [0.5, 0.6) is 0 Å². The molecule has 1 aromatic rings.